The van der Waals surface area contributed by atoms with E-state index in [-0.39, 0.29) is 24.6 Å². The van der Waals surface area contributed by atoms with Crippen LogP contribution < -0.4 is 40.3 Å². The summed E-state index contributed by atoms with van der Waals surface area (Å²) in [6.45, 7) is 0. The summed E-state index contributed by atoms with van der Waals surface area (Å²) in [4.78, 5) is 16.5. The number of nitrogens with one attached hydrogen (secondary N) is 1. The van der Waals surface area contributed by atoms with Crippen molar-refractivity contribution in [1.82, 2.24) is 9.97 Å². The fraction of sp³-hybridized carbons (Fsp3) is 0.0556. The molecule has 218 valence electrons. The Balaban J connectivity index is 0.000000262. The maximum atomic E-state index is 11.1. The van der Waals surface area contributed by atoms with E-state index in [4.69, 9.17) is 11.4 Å². The maximum Gasteiger partial charge on any atom is 1.20 e. The second kappa shape index (κ2) is 14.5. The summed E-state index contributed by atoms with van der Waals surface area (Å²) in [5, 5.41) is 14.1. The number of aromatic nitrogens is 3. The number of para-hydroxylation sites is 4. The van der Waals surface area contributed by atoms with Gasteiger partial charge in [0.2, 0.25) is 5.52 Å². The standard InChI is InChI=1S/C9H9NO.3C9H7NO.Al.Li/c4*11-8-5-1-3-7-4-2-6-10-9(7)8;;/h1,3,5-6,11H,2,4H2;3*1-6,11H;;/q;;;;+3;+1/p-3. The third-order valence-corrected chi connectivity index (χ3v) is 8.70. The summed E-state index contributed by atoms with van der Waals surface area (Å²) in [5.41, 5.74) is 4.20. The Bertz CT molecular complexity index is 2070. The third kappa shape index (κ3) is 6.84. The summed E-state index contributed by atoms with van der Waals surface area (Å²) >= 11 is -2.83. The largest absolute Gasteiger partial charge is 1.20 e. The Hall–Kier alpha value is -4.89. The second-order valence-corrected chi connectivity index (χ2v) is 11.6. The van der Waals surface area contributed by atoms with E-state index < -0.39 is 15.1 Å². The molecule has 0 amide bonds. The fourth-order valence-electron chi connectivity index (χ4n) is 5.24. The van der Waals surface area contributed by atoms with Crippen molar-refractivity contribution in [2.45, 2.75) is 12.8 Å². The quantitative estimate of drug-likeness (QED) is 0.265. The SMILES string of the molecule is C1=Nc2c(cccc2[O][Al]([O]c2cccc3cccnc23)[O]c2cccc3cccnc23)CC1.[Li+].[O-]c1cccc2ccc[nH+]c12. The van der Waals surface area contributed by atoms with Crippen LogP contribution in [0.15, 0.2) is 133 Å². The molecule has 8 nitrogen and oxygen atoms in total. The zero-order chi connectivity index (χ0) is 30.4. The van der Waals surface area contributed by atoms with E-state index in [9.17, 15) is 5.11 Å². The van der Waals surface area contributed by atoms with Gasteiger partial charge in [-0.15, -0.1) is 0 Å². The van der Waals surface area contributed by atoms with E-state index in [0.29, 0.717) is 22.8 Å². The smallest absolute Gasteiger partial charge is 0.868 e. The first kappa shape index (κ1) is 31.1. The van der Waals surface area contributed by atoms with Gasteiger partial charge in [0.05, 0.1) is 0 Å². The van der Waals surface area contributed by atoms with Gasteiger partial charge in [0.15, 0.2) is 6.20 Å². The van der Waals surface area contributed by atoms with Crippen molar-refractivity contribution in [3.8, 4) is 23.0 Å². The molecule has 46 heavy (non-hydrogen) atoms. The van der Waals surface area contributed by atoms with Gasteiger partial charge in [0, 0.05) is 40.8 Å². The number of benzene rings is 4. The Morgan fingerprint density at radius 2 is 1.20 bits per heavy atom. The van der Waals surface area contributed by atoms with Gasteiger partial charge in [-0.3, -0.25) is 15.0 Å². The van der Waals surface area contributed by atoms with Crippen molar-refractivity contribution < 1.29 is 40.3 Å². The molecule has 4 heterocycles. The minimum Gasteiger partial charge on any atom is -0.868 e. The number of nitrogens with zero attached hydrogens (tertiary/aromatic N) is 3. The minimum absolute atomic E-state index is 0. The average molecular weight is 614 g/mol. The Morgan fingerprint density at radius 3 is 1.89 bits per heavy atom. The molecule has 10 heteroatoms. The maximum absolute atomic E-state index is 11.1. The number of rotatable bonds is 6. The van der Waals surface area contributed by atoms with Crippen molar-refractivity contribution in [3.05, 3.63) is 133 Å². The van der Waals surface area contributed by atoms with Crippen LogP contribution in [0.1, 0.15) is 12.0 Å². The Morgan fingerprint density at radius 1 is 0.630 bits per heavy atom. The molecule has 0 spiro atoms. The van der Waals surface area contributed by atoms with Crippen molar-refractivity contribution in [3.63, 3.8) is 0 Å². The van der Waals surface area contributed by atoms with Gasteiger partial charge < -0.3 is 16.5 Å². The summed E-state index contributed by atoms with van der Waals surface area (Å²) in [6.07, 6.45) is 9.05. The number of pyridine rings is 3. The van der Waals surface area contributed by atoms with Crippen LogP contribution in [0.4, 0.5) is 5.69 Å². The number of aryl methyl sites for hydroxylation is 1. The molecule has 0 bridgehead atoms. The summed E-state index contributed by atoms with van der Waals surface area (Å²) in [6, 6.07) is 34.5. The molecular weight excluding hydrogens is 586 g/mol. The van der Waals surface area contributed by atoms with Crippen LogP contribution in [-0.4, -0.2) is 31.3 Å². The average Bonchev–Trinajstić information content (AvgIpc) is 3.09. The Kier molecular flexibility index (Phi) is 9.79. The molecule has 0 radical (unpaired) electrons. The normalized spacial score (nSPS) is 11.6. The zero-order valence-corrected chi connectivity index (χ0v) is 26.3. The van der Waals surface area contributed by atoms with E-state index in [0.717, 1.165) is 51.3 Å². The van der Waals surface area contributed by atoms with Crippen molar-refractivity contribution in [2.75, 3.05) is 0 Å². The molecule has 3 aromatic heterocycles. The molecular formula is C36H27AlLiN4O4+. The number of aliphatic imine (C=N–C) groups is 1. The summed E-state index contributed by atoms with van der Waals surface area (Å²) in [7, 11) is 0. The minimum atomic E-state index is -2.83. The molecule has 0 unspecified atom stereocenters. The van der Waals surface area contributed by atoms with Gasteiger partial charge in [0.1, 0.15) is 34.0 Å². The van der Waals surface area contributed by atoms with E-state index >= 15 is 0 Å². The number of H-pyrrole nitrogens is 1. The van der Waals surface area contributed by atoms with Gasteiger partial charge in [-0.05, 0) is 66.6 Å². The first-order chi connectivity index (χ1) is 22.2. The van der Waals surface area contributed by atoms with Crippen LogP contribution in [-0.2, 0) is 6.42 Å². The zero-order valence-electron chi connectivity index (χ0n) is 25.2. The monoisotopic (exact) mass is 613 g/mol. The van der Waals surface area contributed by atoms with Crippen LogP contribution in [0.5, 0.6) is 23.0 Å². The van der Waals surface area contributed by atoms with Crippen LogP contribution in [0.3, 0.4) is 0 Å². The summed E-state index contributed by atoms with van der Waals surface area (Å²) < 4.78 is 19.3. The van der Waals surface area contributed by atoms with Crippen molar-refractivity contribution >= 4 is 59.8 Å². The second-order valence-electron chi connectivity index (χ2n) is 10.3. The predicted octanol–water partition coefficient (Wildman–Crippen LogP) is 3.68. The van der Waals surface area contributed by atoms with Gasteiger partial charge in [-0.2, -0.15) is 0 Å². The predicted molar refractivity (Wildman–Crippen MR) is 174 cm³/mol. The topological polar surface area (TPSA) is 103 Å². The number of aromatic amines is 1. The molecule has 1 aliphatic rings. The number of fused-ring (bicyclic) bond motifs is 4. The Labute approximate surface area is 282 Å². The van der Waals surface area contributed by atoms with E-state index in [1.807, 2.05) is 97.2 Å². The summed E-state index contributed by atoms with van der Waals surface area (Å²) in [5.74, 6) is 1.95. The number of hydrogen-bond acceptors (Lipinski definition) is 7. The van der Waals surface area contributed by atoms with Crippen LogP contribution in [0.2, 0.25) is 0 Å². The van der Waals surface area contributed by atoms with E-state index in [2.05, 4.69) is 26.0 Å². The van der Waals surface area contributed by atoms with E-state index in [1.165, 1.54) is 0 Å². The molecule has 4 aromatic carbocycles. The first-order valence-corrected chi connectivity index (χ1v) is 16.0. The molecule has 0 saturated carbocycles. The van der Waals surface area contributed by atoms with Gasteiger partial charge in [-0.25, -0.2) is 4.98 Å². The fourth-order valence-corrected chi connectivity index (χ4v) is 6.57. The van der Waals surface area contributed by atoms with Gasteiger partial charge in [-0.1, -0.05) is 60.7 Å². The van der Waals surface area contributed by atoms with E-state index in [1.54, 1.807) is 30.7 Å². The first-order valence-electron chi connectivity index (χ1n) is 14.6. The van der Waals surface area contributed by atoms with Crippen LogP contribution in [0, 0.1) is 0 Å². The molecule has 7 aromatic rings. The molecule has 1 N–H and O–H groups in total. The molecule has 0 aliphatic carbocycles. The molecule has 0 atom stereocenters. The van der Waals surface area contributed by atoms with Crippen molar-refractivity contribution in [1.29, 1.82) is 0 Å². The van der Waals surface area contributed by atoms with Gasteiger partial charge >= 0.3 is 34.0 Å². The third-order valence-electron chi connectivity index (χ3n) is 7.36. The molecule has 8 rings (SSSR count). The van der Waals surface area contributed by atoms with Crippen LogP contribution in [0.25, 0.3) is 32.7 Å². The molecule has 0 fully saturated rings. The number of hydrogen-bond donors (Lipinski definition) is 0. The van der Waals surface area contributed by atoms with Crippen LogP contribution >= 0.6 is 0 Å². The molecule has 1 aliphatic heterocycles. The van der Waals surface area contributed by atoms with Crippen molar-refractivity contribution in [2.24, 2.45) is 4.99 Å². The molecule has 0 saturated heterocycles. The van der Waals surface area contributed by atoms with Gasteiger partial charge in [0.25, 0.3) is 0 Å².